The number of likely N-dealkylation sites (tertiary alicyclic amines) is 1. The summed E-state index contributed by atoms with van der Waals surface area (Å²) in [6, 6.07) is 0.105. The van der Waals surface area contributed by atoms with Crippen molar-refractivity contribution >= 4 is 29.9 Å². The SMILES string of the molecule is CCNC(=NCC(c1cnn(C)c1)N(C)C)N1CCC(CN(CC)CC(F)(F)F)C1.I. The summed E-state index contributed by atoms with van der Waals surface area (Å²) < 4.78 is 40.1. The van der Waals surface area contributed by atoms with Gasteiger partial charge in [0.15, 0.2) is 5.96 Å². The molecule has 7 nitrogen and oxygen atoms in total. The van der Waals surface area contributed by atoms with Gasteiger partial charge in [-0.2, -0.15) is 18.3 Å². The molecule has 0 radical (unpaired) electrons. The first-order chi connectivity index (χ1) is 14.1. The molecule has 1 aromatic rings. The summed E-state index contributed by atoms with van der Waals surface area (Å²) >= 11 is 0. The minimum absolute atomic E-state index is 0. The van der Waals surface area contributed by atoms with E-state index in [2.05, 4.69) is 20.2 Å². The first-order valence-corrected chi connectivity index (χ1v) is 10.6. The van der Waals surface area contributed by atoms with Gasteiger partial charge in [-0.15, -0.1) is 24.0 Å². The maximum atomic E-state index is 12.8. The van der Waals surface area contributed by atoms with E-state index in [-0.39, 0.29) is 35.9 Å². The Balaban J connectivity index is 0.00000480. The average Bonchev–Trinajstić information content (AvgIpc) is 3.28. The van der Waals surface area contributed by atoms with E-state index in [9.17, 15) is 13.2 Å². The number of likely N-dealkylation sites (N-methyl/N-ethyl adjacent to an activating group) is 1. The maximum absolute atomic E-state index is 12.8. The molecule has 0 saturated carbocycles. The van der Waals surface area contributed by atoms with Crippen LogP contribution in [0.3, 0.4) is 0 Å². The van der Waals surface area contributed by atoms with Crippen molar-refractivity contribution in [3.05, 3.63) is 18.0 Å². The van der Waals surface area contributed by atoms with Gasteiger partial charge >= 0.3 is 6.18 Å². The van der Waals surface area contributed by atoms with Gasteiger partial charge in [-0.05, 0) is 39.9 Å². The second kappa shape index (κ2) is 12.8. The summed E-state index contributed by atoms with van der Waals surface area (Å²) in [7, 11) is 5.93. The monoisotopic (exact) mass is 559 g/mol. The lowest BCUT2D eigenvalue weighted by Gasteiger charge is -2.27. The van der Waals surface area contributed by atoms with Gasteiger partial charge in [-0.3, -0.25) is 14.6 Å². The Hall–Kier alpha value is -1.08. The number of aliphatic imine (C=N–C) groups is 1. The molecule has 1 N–H and O–H groups in total. The number of guanidine groups is 1. The van der Waals surface area contributed by atoms with Crippen molar-refractivity contribution in [1.29, 1.82) is 0 Å². The summed E-state index contributed by atoms with van der Waals surface area (Å²) in [5.41, 5.74) is 1.10. The van der Waals surface area contributed by atoms with Crippen LogP contribution in [-0.2, 0) is 7.05 Å². The number of hydrogen-bond donors (Lipinski definition) is 1. The molecule has 1 aliphatic rings. The smallest absolute Gasteiger partial charge is 0.357 e. The van der Waals surface area contributed by atoms with Crippen LogP contribution < -0.4 is 5.32 Å². The number of aromatic nitrogens is 2. The van der Waals surface area contributed by atoms with Crippen molar-refractivity contribution in [3.63, 3.8) is 0 Å². The van der Waals surface area contributed by atoms with Crippen molar-refractivity contribution in [3.8, 4) is 0 Å². The number of aryl methyl sites for hydroxylation is 1. The van der Waals surface area contributed by atoms with Crippen molar-refractivity contribution in [2.75, 3.05) is 59.9 Å². The largest absolute Gasteiger partial charge is 0.401 e. The van der Waals surface area contributed by atoms with E-state index >= 15 is 0 Å². The number of nitrogens with one attached hydrogen (secondary N) is 1. The standard InChI is InChI=1S/C20H36F3N7.HI/c1-6-24-19(25-11-18(27(3)4)17-10-26-28(5)14-17)30-9-8-16(13-30)12-29(7-2)15-20(21,22)23;/h10,14,16,18H,6-9,11-13,15H2,1-5H3,(H,24,25);1H. The molecule has 0 bridgehead atoms. The van der Waals surface area contributed by atoms with Crippen LogP contribution in [0.1, 0.15) is 31.9 Å². The van der Waals surface area contributed by atoms with Crippen LogP contribution in [0, 0.1) is 5.92 Å². The van der Waals surface area contributed by atoms with Gasteiger partial charge in [0.25, 0.3) is 0 Å². The fraction of sp³-hybridized carbons (Fsp3) is 0.800. The van der Waals surface area contributed by atoms with Crippen LogP contribution in [-0.4, -0.2) is 96.5 Å². The van der Waals surface area contributed by atoms with Gasteiger partial charge in [-0.25, -0.2) is 0 Å². The molecule has 180 valence electrons. The molecule has 0 amide bonds. The maximum Gasteiger partial charge on any atom is 0.401 e. The van der Waals surface area contributed by atoms with Gasteiger partial charge in [0.05, 0.1) is 25.3 Å². The van der Waals surface area contributed by atoms with Crippen LogP contribution >= 0.6 is 24.0 Å². The number of alkyl halides is 3. The molecule has 1 saturated heterocycles. The Morgan fingerprint density at radius 1 is 1.35 bits per heavy atom. The molecule has 2 rings (SSSR count). The Labute approximate surface area is 201 Å². The Morgan fingerprint density at radius 2 is 2.06 bits per heavy atom. The van der Waals surface area contributed by atoms with Gasteiger partial charge in [0.1, 0.15) is 0 Å². The topological polar surface area (TPSA) is 51.9 Å². The molecule has 0 spiro atoms. The highest BCUT2D eigenvalue weighted by atomic mass is 127. The molecule has 2 unspecified atom stereocenters. The van der Waals surface area contributed by atoms with E-state index in [1.54, 1.807) is 11.6 Å². The molecule has 1 aromatic heterocycles. The Kier molecular flexibility index (Phi) is 11.6. The molecule has 0 aliphatic carbocycles. The van der Waals surface area contributed by atoms with Crippen LogP contribution in [0.2, 0.25) is 0 Å². The lowest BCUT2D eigenvalue weighted by Crippen LogP contribution is -2.42. The van der Waals surface area contributed by atoms with Gasteiger partial charge < -0.3 is 15.1 Å². The Morgan fingerprint density at radius 3 is 2.58 bits per heavy atom. The van der Waals surface area contributed by atoms with Crippen molar-refractivity contribution < 1.29 is 13.2 Å². The van der Waals surface area contributed by atoms with E-state index in [1.807, 2.05) is 40.5 Å². The molecule has 2 heterocycles. The molecule has 11 heteroatoms. The number of hydrogen-bond acceptors (Lipinski definition) is 4. The highest BCUT2D eigenvalue weighted by molar-refractivity contribution is 14.0. The fourth-order valence-electron chi connectivity index (χ4n) is 3.88. The molecule has 1 aliphatic heterocycles. The van der Waals surface area contributed by atoms with E-state index in [0.29, 0.717) is 19.6 Å². The molecular weight excluding hydrogens is 522 g/mol. The third-order valence-electron chi connectivity index (χ3n) is 5.43. The summed E-state index contributed by atoms with van der Waals surface area (Å²) in [6.45, 7) is 6.68. The third kappa shape index (κ3) is 9.13. The zero-order chi connectivity index (χ0) is 22.3. The second-order valence-corrected chi connectivity index (χ2v) is 8.17. The highest BCUT2D eigenvalue weighted by Gasteiger charge is 2.33. The first kappa shape index (κ1) is 28.0. The zero-order valence-electron chi connectivity index (χ0n) is 19.2. The minimum Gasteiger partial charge on any atom is -0.357 e. The van der Waals surface area contributed by atoms with E-state index in [1.165, 1.54) is 4.90 Å². The molecule has 31 heavy (non-hydrogen) atoms. The molecular formula is C20H37F3IN7. The van der Waals surface area contributed by atoms with E-state index in [0.717, 1.165) is 37.6 Å². The predicted octanol–water partition coefficient (Wildman–Crippen LogP) is 2.81. The predicted molar refractivity (Wildman–Crippen MR) is 129 cm³/mol. The number of rotatable bonds is 9. The highest BCUT2D eigenvalue weighted by Crippen LogP contribution is 2.22. The summed E-state index contributed by atoms with van der Waals surface area (Å²) in [5, 5.41) is 7.61. The molecule has 1 fully saturated rings. The van der Waals surface area contributed by atoms with Gasteiger partial charge in [0.2, 0.25) is 0 Å². The minimum atomic E-state index is -4.15. The summed E-state index contributed by atoms with van der Waals surface area (Å²) in [5.74, 6) is 1.04. The first-order valence-electron chi connectivity index (χ1n) is 10.6. The number of nitrogens with zero attached hydrogens (tertiary/aromatic N) is 6. The fourth-order valence-corrected chi connectivity index (χ4v) is 3.88. The quantitative estimate of drug-likeness (QED) is 0.287. The van der Waals surface area contributed by atoms with Crippen molar-refractivity contribution in [1.82, 2.24) is 29.8 Å². The third-order valence-corrected chi connectivity index (χ3v) is 5.43. The zero-order valence-corrected chi connectivity index (χ0v) is 21.5. The van der Waals surface area contributed by atoms with Gasteiger partial charge in [-0.1, -0.05) is 6.92 Å². The lowest BCUT2D eigenvalue weighted by atomic mass is 10.1. The van der Waals surface area contributed by atoms with E-state index in [4.69, 9.17) is 4.99 Å². The summed E-state index contributed by atoms with van der Waals surface area (Å²) in [4.78, 5) is 10.6. The summed E-state index contributed by atoms with van der Waals surface area (Å²) in [6.07, 6.45) is 0.578. The molecule has 2 atom stereocenters. The van der Waals surface area contributed by atoms with Crippen LogP contribution in [0.25, 0.3) is 0 Å². The lowest BCUT2D eigenvalue weighted by molar-refractivity contribution is -0.146. The second-order valence-electron chi connectivity index (χ2n) is 8.17. The molecule has 0 aromatic carbocycles. The van der Waals surface area contributed by atoms with E-state index < -0.39 is 12.7 Å². The Bertz CT molecular complexity index is 678. The van der Waals surface area contributed by atoms with Crippen LogP contribution in [0.4, 0.5) is 13.2 Å². The average molecular weight is 559 g/mol. The normalized spacial score (nSPS) is 18.6. The van der Waals surface area contributed by atoms with Gasteiger partial charge in [0, 0.05) is 45.0 Å². The van der Waals surface area contributed by atoms with Crippen molar-refractivity contribution in [2.24, 2.45) is 18.0 Å². The van der Waals surface area contributed by atoms with Crippen LogP contribution in [0.15, 0.2) is 17.4 Å². The van der Waals surface area contributed by atoms with Crippen molar-refractivity contribution in [2.45, 2.75) is 32.5 Å². The number of halogens is 4. The van der Waals surface area contributed by atoms with Crippen LogP contribution in [0.5, 0.6) is 0 Å².